The van der Waals surface area contributed by atoms with Gasteiger partial charge in [-0.3, -0.25) is 0 Å². The summed E-state index contributed by atoms with van der Waals surface area (Å²) in [5.74, 6) is 0. The van der Waals surface area contributed by atoms with E-state index in [1.54, 1.807) is 0 Å². The number of hydrogen-bond acceptors (Lipinski definition) is 3. The number of hydrogen-bond donors (Lipinski definition) is 0. The molecule has 0 radical (unpaired) electrons. The van der Waals surface area contributed by atoms with Crippen molar-refractivity contribution in [1.29, 1.82) is 0 Å². The van der Waals surface area contributed by atoms with Crippen LogP contribution in [0.25, 0.3) is 44.2 Å². The molecule has 0 N–H and O–H groups in total. The van der Waals surface area contributed by atoms with Crippen LogP contribution >= 0.6 is 0 Å². The Hall–Kier alpha value is -6.78. The molecular formula is C60H55BN2O. The summed E-state index contributed by atoms with van der Waals surface area (Å²) in [6.45, 7) is 21.0. The molecule has 64 heavy (non-hydrogen) atoms. The van der Waals surface area contributed by atoms with Gasteiger partial charge in [-0.05, 0) is 138 Å². The van der Waals surface area contributed by atoms with Crippen molar-refractivity contribution in [2.24, 2.45) is 0 Å². The van der Waals surface area contributed by atoms with Crippen LogP contribution in [-0.2, 0) is 16.2 Å². The summed E-state index contributed by atoms with van der Waals surface area (Å²) < 4.78 is 6.40. The van der Waals surface area contributed by atoms with Gasteiger partial charge in [0.15, 0.2) is 0 Å². The van der Waals surface area contributed by atoms with E-state index in [-0.39, 0.29) is 23.0 Å². The van der Waals surface area contributed by atoms with Crippen molar-refractivity contribution in [3.05, 3.63) is 187 Å². The van der Waals surface area contributed by atoms with Gasteiger partial charge in [0, 0.05) is 44.9 Å². The molecular weight excluding hydrogens is 775 g/mol. The van der Waals surface area contributed by atoms with Gasteiger partial charge < -0.3 is 14.2 Å². The van der Waals surface area contributed by atoms with Crippen molar-refractivity contribution in [1.82, 2.24) is 0 Å². The highest BCUT2D eigenvalue weighted by Gasteiger charge is 2.45. The van der Waals surface area contributed by atoms with Crippen LogP contribution in [0.1, 0.15) is 79.0 Å². The van der Waals surface area contributed by atoms with Crippen LogP contribution < -0.4 is 26.2 Å². The van der Waals surface area contributed by atoms with Gasteiger partial charge in [-0.1, -0.05) is 165 Å². The lowest BCUT2D eigenvalue weighted by Gasteiger charge is -2.45. The van der Waals surface area contributed by atoms with E-state index in [0.717, 1.165) is 44.4 Å². The normalized spacial score (nSPS) is 13.6. The van der Waals surface area contributed by atoms with Crippen molar-refractivity contribution in [3.63, 3.8) is 0 Å². The predicted molar refractivity (Wildman–Crippen MR) is 275 cm³/mol. The summed E-state index contributed by atoms with van der Waals surface area (Å²) in [5.41, 5.74) is 21.5. The molecule has 1 aromatic heterocycles. The smallest absolute Gasteiger partial charge is 0.252 e. The van der Waals surface area contributed by atoms with Gasteiger partial charge in [0.2, 0.25) is 0 Å². The maximum absolute atomic E-state index is 6.40. The minimum Gasteiger partial charge on any atom is -0.456 e. The van der Waals surface area contributed by atoms with E-state index in [1.807, 2.05) is 6.07 Å². The topological polar surface area (TPSA) is 19.6 Å². The zero-order chi connectivity index (χ0) is 44.3. The zero-order valence-corrected chi connectivity index (χ0v) is 38.5. The molecule has 0 unspecified atom stereocenters. The zero-order valence-electron chi connectivity index (χ0n) is 38.5. The molecule has 0 bridgehead atoms. The van der Waals surface area contributed by atoms with Crippen LogP contribution in [0.4, 0.5) is 34.1 Å². The average molecular weight is 831 g/mol. The fourth-order valence-corrected chi connectivity index (χ4v) is 10.1. The molecule has 0 aliphatic carbocycles. The summed E-state index contributed by atoms with van der Waals surface area (Å²) in [6, 6.07) is 63.5. The summed E-state index contributed by atoms with van der Waals surface area (Å²) in [7, 11) is 0. The Bertz CT molecular complexity index is 3280. The van der Waals surface area contributed by atoms with Crippen LogP contribution in [-0.4, -0.2) is 6.71 Å². The molecule has 0 saturated carbocycles. The molecule has 11 rings (SSSR count). The van der Waals surface area contributed by atoms with E-state index in [1.165, 1.54) is 67.0 Å². The van der Waals surface area contributed by atoms with Crippen LogP contribution in [0.5, 0.6) is 0 Å². The molecule has 8 aromatic carbocycles. The quantitative estimate of drug-likeness (QED) is 0.165. The van der Waals surface area contributed by atoms with E-state index in [2.05, 4.69) is 236 Å². The number of nitrogens with zero attached hydrogens (tertiary/aromatic N) is 2. The van der Waals surface area contributed by atoms with Gasteiger partial charge in [-0.25, -0.2) is 0 Å². The monoisotopic (exact) mass is 830 g/mol. The number of benzene rings is 8. The number of para-hydroxylation sites is 1. The SMILES string of the molecule is CC(C)(C)c1ccc2c(c1)B1c3cc(C(C)(C)C)ccc3N(c3cccc(-c4ccc5c(c4)oc4ccccc45)c3)c3cc(C(C)(C)C)cc(c31)N2c1ccc(-c2ccccc2)cc1. The highest BCUT2D eigenvalue weighted by atomic mass is 16.3. The van der Waals surface area contributed by atoms with Crippen molar-refractivity contribution in [3.8, 4) is 22.3 Å². The Morgan fingerprint density at radius 1 is 0.359 bits per heavy atom. The second-order valence-electron chi connectivity index (χ2n) is 21.1. The lowest BCUT2D eigenvalue weighted by Crippen LogP contribution is -2.61. The van der Waals surface area contributed by atoms with E-state index < -0.39 is 0 Å². The third-order valence-corrected chi connectivity index (χ3v) is 13.7. The van der Waals surface area contributed by atoms with Crippen molar-refractivity contribution < 1.29 is 4.42 Å². The van der Waals surface area contributed by atoms with Crippen molar-refractivity contribution in [2.75, 3.05) is 9.80 Å². The number of anilines is 6. The molecule has 0 saturated heterocycles. The fourth-order valence-electron chi connectivity index (χ4n) is 10.1. The number of rotatable bonds is 4. The van der Waals surface area contributed by atoms with Crippen LogP contribution in [0.15, 0.2) is 174 Å². The Balaban J connectivity index is 1.18. The second kappa shape index (κ2) is 14.4. The Kier molecular flexibility index (Phi) is 8.99. The van der Waals surface area contributed by atoms with Crippen LogP contribution in [0.2, 0.25) is 0 Å². The van der Waals surface area contributed by atoms with Gasteiger partial charge >= 0.3 is 0 Å². The molecule has 0 amide bonds. The molecule has 0 atom stereocenters. The molecule has 0 fully saturated rings. The highest BCUT2D eigenvalue weighted by molar-refractivity contribution is 7.00. The predicted octanol–water partition coefficient (Wildman–Crippen LogP) is 14.9. The highest BCUT2D eigenvalue weighted by Crippen LogP contribution is 2.48. The molecule has 3 heterocycles. The van der Waals surface area contributed by atoms with Gasteiger partial charge in [0.1, 0.15) is 11.2 Å². The maximum Gasteiger partial charge on any atom is 0.252 e. The summed E-state index contributed by atoms with van der Waals surface area (Å²) in [4.78, 5) is 5.11. The van der Waals surface area contributed by atoms with Crippen molar-refractivity contribution in [2.45, 2.75) is 78.6 Å². The first kappa shape index (κ1) is 40.0. The summed E-state index contributed by atoms with van der Waals surface area (Å²) >= 11 is 0. The Morgan fingerprint density at radius 3 is 1.50 bits per heavy atom. The lowest BCUT2D eigenvalue weighted by atomic mass is 9.33. The first-order valence-electron chi connectivity index (χ1n) is 22.9. The maximum atomic E-state index is 6.40. The first-order valence-corrected chi connectivity index (χ1v) is 22.9. The summed E-state index contributed by atoms with van der Waals surface area (Å²) in [5, 5.41) is 2.29. The first-order chi connectivity index (χ1) is 30.6. The van der Waals surface area contributed by atoms with Crippen LogP contribution in [0.3, 0.4) is 0 Å². The van der Waals surface area contributed by atoms with Crippen LogP contribution in [0, 0.1) is 0 Å². The molecule has 4 heteroatoms. The van der Waals surface area contributed by atoms with E-state index in [0.29, 0.717) is 0 Å². The molecule has 314 valence electrons. The van der Waals surface area contributed by atoms with E-state index in [9.17, 15) is 0 Å². The van der Waals surface area contributed by atoms with E-state index in [4.69, 9.17) is 4.42 Å². The molecule has 3 nitrogen and oxygen atoms in total. The van der Waals surface area contributed by atoms with Gasteiger partial charge in [0.25, 0.3) is 6.71 Å². The standard InChI is InChI=1S/C60H55BN2O/c1-58(2,3)42-25-30-51-49(34-42)61-50-35-43(59(4,5)6)26-31-52(50)63(46-19-15-18-40(32-46)41-24-29-48-47-20-13-14-21-55(47)64-56(48)33-41)54-37-44(60(7,8)9)36-53(57(54)61)62(51)45-27-22-39(23-28-45)38-16-11-10-12-17-38/h10-37H,1-9H3. The van der Waals surface area contributed by atoms with Crippen molar-refractivity contribution >= 4 is 79.2 Å². The average Bonchev–Trinajstić information content (AvgIpc) is 3.66. The van der Waals surface area contributed by atoms with Gasteiger partial charge in [-0.2, -0.15) is 0 Å². The summed E-state index contributed by atoms with van der Waals surface area (Å²) in [6.07, 6.45) is 0. The third kappa shape index (κ3) is 6.57. The van der Waals surface area contributed by atoms with Gasteiger partial charge in [-0.15, -0.1) is 0 Å². The molecule has 2 aliphatic rings. The van der Waals surface area contributed by atoms with Gasteiger partial charge in [0.05, 0.1) is 0 Å². The third-order valence-electron chi connectivity index (χ3n) is 13.7. The molecule has 2 aliphatic heterocycles. The van der Waals surface area contributed by atoms with E-state index >= 15 is 0 Å². The lowest BCUT2D eigenvalue weighted by molar-refractivity contribution is 0.590. The second-order valence-corrected chi connectivity index (χ2v) is 21.1. The Morgan fingerprint density at radius 2 is 0.875 bits per heavy atom. The number of furan rings is 1. The minimum absolute atomic E-state index is 0.0170. The molecule has 0 spiro atoms. The fraction of sp³-hybridized carbons (Fsp3) is 0.200. The Labute approximate surface area is 379 Å². The largest absolute Gasteiger partial charge is 0.456 e. The number of fused-ring (bicyclic) bond motifs is 7. The minimum atomic E-state index is -0.119. The molecule has 9 aromatic rings.